The van der Waals surface area contributed by atoms with Crippen LogP contribution < -0.4 is 0 Å². The first-order valence-electron chi connectivity index (χ1n) is 8.02. The van der Waals surface area contributed by atoms with E-state index in [1.807, 2.05) is 30.7 Å². The molecule has 0 saturated carbocycles. The number of nitrogens with zero attached hydrogens (tertiary/aromatic N) is 3. The average Bonchev–Trinajstić information content (AvgIpc) is 2.98. The quantitative estimate of drug-likeness (QED) is 0.603. The zero-order valence-electron chi connectivity index (χ0n) is 13.1. The molecule has 0 amide bonds. The topological polar surface area (TPSA) is 54.5 Å². The first-order chi connectivity index (χ1) is 11.3. The number of hydrogen-bond acceptors (Lipinski definition) is 3. The van der Waals surface area contributed by atoms with E-state index in [9.17, 15) is 0 Å². The van der Waals surface area contributed by atoms with Gasteiger partial charge in [-0.25, -0.2) is 4.98 Å². The van der Waals surface area contributed by atoms with Crippen LogP contribution >= 0.6 is 0 Å². The van der Waals surface area contributed by atoms with Gasteiger partial charge in [0, 0.05) is 34.9 Å². The van der Waals surface area contributed by atoms with Crippen molar-refractivity contribution in [3.63, 3.8) is 0 Å². The summed E-state index contributed by atoms with van der Waals surface area (Å²) < 4.78 is 0. The highest BCUT2D eigenvalue weighted by Crippen LogP contribution is 2.28. The van der Waals surface area contributed by atoms with Crippen molar-refractivity contribution in [3.8, 4) is 11.3 Å². The Kier molecular flexibility index (Phi) is 3.50. The first kappa shape index (κ1) is 13.9. The molecule has 4 nitrogen and oxygen atoms in total. The van der Waals surface area contributed by atoms with Gasteiger partial charge < -0.3 is 4.98 Å². The molecule has 1 N–H and O–H groups in total. The predicted octanol–water partition coefficient (Wildman–Crippen LogP) is 4.52. The summed E-state index contributed by atoms with van der Waals surface area (Å²) in [5, 5.41) is 2.33. The summed E-state index contributed by atoms with van der Waals surface area (Å²) in [6.07, 6.45) is 10.9. The van der Waals surface area contributed by atoms with Crippen LogP contribution in [0, 0.1) is 0 Å². The van der Waals surface area contributed by atoms with Crippen molar-refractivity contribution >= 4 is 21.9 Å². The Bertz CT molecular complexity index is 957. The van der Waals surface area contributed by atoms with Gasteiger partial charge in [-0.05, 0) is 42.7 Å². The predicted molar refractivity (Wildman–Crippen MR) is 93.2 cm³/mol. The summed E-state index contributed by atoms with van der Waals surface area (Å²) in [4.78, 5) is 16.7. The SMILES string of the molecule is CCCCc1cnc2[nH]c3cnc(-c4cccnc4)cc3c2c1. The minimum absolute atomic E-state index is 0.922. The molecule has 0 aliphatic carbocycles. The largest absolute Gasteiger partial charge is 0.338 e. The molecule has 0 atom stereocenters. The molecule has 0 aliphatic rings. The fourth-order valence-electron chi connectivity index (χ4n) is 2.91. The van der Waals surface area contributed by atoms with Gasteiger partial charge in [-0.15, -0.1) is 0 Å². The van der Waals surface area contributed by atoms with Gasteiger partial charge in [0.25, 0.3) is 0 Å². The zero-order chi connectivity index (χ0) is 15.6. The minimum atomic E-state index is 0.922. The number of rotatable bonds is 4. The van der Waals surface area contributed by atoms with E-state index in [1.165, 1.54) is 29.2 Å². The maximum Gasteiger partial charge on any atom is 0.138 e. The van der Waals surface area contributed by atoms with Crippen molar-refractivity contribution in [1.29, 1.82) is 0 Å². The van der Waals surface area contributed by atoms with E-state index < -0.39 is 0 Å². The number of aromatic nitrogens is 4. The van der Waals surface area contributed by atoms with Gasteiger partial charge in [0.05, 0.1) is 17.4 Å². The molecule has 0 fully saturated rings. The smallest absolute Gasteiger partial charge is 0.138 e. The van der Waals surface area contributed by atoms with Crippen molar-refractivity contribution in [1.82, 2.24) is 19.9 Å². The summed E-state index contributed by atoms with van der Waals surface area (Å²) in [6.45, 7) is 2.21. The van der Waals surface area contributed by atoms with E-state index in [1.54, 1.807) is 6.20 Å². The molecular formula is C19H18N4. The molecule has 4 aromatic rings. The third-order valence-corrected chi connectivity index (χ3v) is 4.17. The van der Waals surface area contributed by atoms with Gasteiger partial charge in [-0.2, -0.15) is 0 Å². The van der Waals surface area contributed by atoms with Crippen molar-refractivity contribution in [2.24, 2.45) is 0 Å². The van der Waals surface area contributed by atoms with E-state index in [-0.39, 0.29) is 0 Å². The van der Waals surface area contributed by atoms with Crippen LogP contribution in [0.25, 0.3) is 33.2 Å². The number of pyridine rings is 3. The average molecular weight is 302 g/mol. The van der Waals surface area contributed by atoms with Crippen LogP contribution in [0.1, 0.15) is 25.3 Å². The number of aromatic amines is 1. The first-order valence-corrected chi connectivity index (χ1v) is 8.02. The molecule has 4 heterocycles. The Morgan fingerprint density at radius 2 is 2.00 bits per heavy atom. The fraction of sp³-hybridized carbons (Fsp3) is 0.211. The van der Waals surface area contributed by atoms with E-state index in [0.717, 1.165) is 28.8 Å². The molecule has 0 spiro atoms. The molecule has 0 unspecified atom stereocenters. The van der Waals surface area contributed by atoms with Crippen molar-refractivity contribution in [2.45, 2.75) is 26.2 Å². The van der Waals surface area contributed by atoms with Crippen molar-refractivity contribution in [2.75, 3.05) is 0 Å². The van der Waals surface area contributed by atoms with Crippen LogP contribution in [0.2, 0.25) is 0 Å². The second kappa shape index (κ2) is 5.80. The Hall–Kier alpha value is -2.75. The lowest BCUT2D eigenvalue weighted by atomic mass is 10.1. The van der Waals surface area contributed by atoms with Gasteiger partial charge in [0.1, 0.15) is 5.65 Å². The lowest BCUT2D eigenvalue weighted by Gasteiger charge is -2.01. The van der Waals surface area contributed by atoms with E-state index in [4.69, 9.17) is 0 Å². The number of aryl methyl sites for hydroxylation is 1. The Balaban J connectivity index is 1.86. The van der Waals surface area contributed by atoms with Crippen LogP contribution in [0.3, 0.4) is 0 Å². The highest BCUT2D eigenvalue weighted by Gasteiger charge is 2.09. The lowest BCUT2D eigenvalue weighted by molar-refractivity contribution is 0.793. The van der Waals surface area contributed by atoms with Gasteiger partial charge in [-0.1, -0.05) is 13.3 Å². The molecule has 0 aromatic carbocycles. The molecule has 0 saturated heterocycles. The summed E-state index contributed by atoms with van der Waals surface area (Å²) in [7, 11) is 0. The summed E-state index contributed by atoms with van der Waals surface area (Å²) in [6, 6.07) is 8.34. The number of unbranched alkanes of at least 4 members (excludes halogenated alkanes) is 1. The van der Waals surface area contributed by atoms with Crippen molar-refractivity contribution in [3.05, 3.63) is 54.6 Å². The second-order valence-electron chi connectivity index (χ2n) is 5.83. The molecule has 23 heavy (non-hydrogen) atoms. The maximum absolute atomic E-state index is 4.58. The van der Waals surface area contributed by atoms with Crippen LogP contribution in [0.15, 0.2) is 49.1 Å². The van der Waals surface area contributed by atoms with Crippen LogP contribution in [-0.4, -0.2) is 19.9 Å². The minimum Gasteiger partial charge on any atom is -0.338 e. The molecule has 114 valence electrons. The highest BCUT2D eigenvalue weighted by molar-refractivity contribution is 6.06. The second-order valence-corrected chi connectivity index (χ2v) is 5.83. The monoisotopic (exact) mass is 302 g/mol. The third kappa shape index (κ3) is 2.57. The number of H-pyrrole nitrogens is 1. The summed E-state index contributed by atoms with van der Waals surface area (Å²) in [5.41, 5.74) is 5.20. The standard InChI is InChI=1S/C19H18N4/c1-2-3-5-13-8-16-15-9-17(14-6-4-7-20-11-14)21-12-18(15)23-19(16)22-10-13/h4,6-12H,2-3,5H2,1H3,(H,22,23). The van der Waals surface area contributed by atoms with Gasteiger partial charge in [-0.3, -0.25) is 9.97 Å². The van der Waals surface area contributed by atoms with Crippen LogP contribution in [0.4, 0.5) is 0 Å². The lowest BCUT2D eigenvalue weighted by Crippen LogP contribution is -1.87. The van der Waals surface area contributed by atoms with Crippen LogP contribution in [0.5, 0.6) is 0 Å². The molecule has 4 rings (SSSR count). The number of fused-ring (bicyclic) bond motifs is 3. The molecule has 0 radical (unpaired) electrons. The van der Waals surface area contributed by atoms with E-state index in [0.29, 0.717) is 0 Å². The van der Waals surface area contributed by atoms with Gasteiger partial charge in [0.2, 0.25) is 0 Å². The number of nitrogens with one attached hydrogen (secondary N) is 1. The Labute approximate surface area is 134 Å². The Morgan fingerprint density at radius 1 is 1.04 bits per heavy atom. The molecular weight excluding hydrogens is 284 g/mol. The van der Waals surface area contributed by atoms with Crippen molar-refractivity contribution < 1.29 is 0 Å². The zero-order valence-corrected chi connectivity index (χ0v) is 13.1. The molecule has 0 aliphatic heterocycles. The fourth-order valence-corrected chi connectivity index (χ4v) is 2.91. The van der Waals surface area contributed by atoms with E-state index in [2.05, 4.69) is 39.0 Å². The summed E-state index contributed by atoms with van der Waals surface area (Å²) >= 11 is 0. The molecule has 0 bridgehead atoms. The van der Waals surface area contributed by atoms with Gasteiger partial charge >= 0.3 is 0 Å². The van der Waals surface area contributed by atoms with Crippen LogP contribution in [-0.2, 0) is 6.42 Å². The third-order valence-electron chi connectivity index (χ3n) is 4.17. The molecule has 4 aromatic heterocycles. The van der Waals surface area contributed by atoms with E-state index >= 15 is 0 Å². The maximum atomic E-state index is 4.58. The van der Waals surface area contributed by atoms with Gasteiger partial charge in [0.15, 0.2) is 0 Å². The highest BCUT2D eigenvalue weighted by atomic mass is 14.9. The summed E-state index contributed by atoms with van der Waals surface area (Å²) in [5.74, 6) is 0. The normalized spacial score (nSPS) is 11.3. The number of hydrogen-bond donors (Lipinski definition) is 1. The Morgan fingerprint density at radius 3 is 2.83 bits per heavy atom. The molecule has 4 heteroatoms.